The molecule has 1 atom stereocenters. The predicted octanol–water partition coefficient (Wildman–Crippen LogP) is 3.20. The molecule has 1 aliphatic heterocycles. The van der Waals surface area contributed by atoms with Crippen molar-refractivity contribution in [2.75, 3.05) is 32.8 Å². The van der Waals surface area contributed by atoms with Crippen molar-refractivity contribution in [2.24, 2.45) is 0 Å². The Labute approximate surface area is 182 Å². The molecule has 9 heteroatoms. The Morgan fingerprint density at radius 2 is 1.71 bits per heavy atom. The van der Waals surface area contributed by atoms with E-state index in [4.69, 9.17) is 9.26 Å². The third-order valence-electron chi connectivity index (χ3n) is 5.42. The molecule has 0 bridgehead atoms. The molecule has 0 N–H and O–H groups in total. The van der Waals surface area contributed by atoms with Gasteiger partial charge in [0, 0.05) is 31.7 Å². The number of hydrogen-bond acceptors (Lipinski definition) is 7. The first-order valence-corrected chi connectivity index (χ1v) is 11.8. The average molecular weight is 443 g/mol. The van der Waals surface area contributed by atoms with Crippen molar-refractivity contribution in [3.8, 4) is 17.1 Å². The quantitative estimate of drug-likeness (QED) is 0.555. The van der Waals surface area contributed by atoms with E-state index < -0.39 is 10.0 Å². The van der Waals surface area contributed by atoms with Crippen LogP contribution in [0.4, 0.5) is 0 Å². The lowest BCUT2D eigenvalue weighted by Gasteiger charge is -2.36. The number of rotatable bonds is 7. The van der Waals surface area contributed by atoms with Crippen molar-refractivity contribution in [1.82, 2.24) is 19.3 Å². The molecule has 4 rings (SSSR count). The summed E-state index contributed by atoms with van der Waals surface area (Å²) in [6, 6.07) is 16.1. The van der Waals surface area contributed by atoms with Crippen molar-refractivity contribution in [3.05, 3.63) is 60.5 Å². The lowest BCUT2D eigenvalue weighted by molar-refractivity contribution is 0.124. The first-order valence-electron chi connectivity index (χ1n) is 10.3. The van der Waals surface area contributed by atoms with Crippen LogP contribution in [0.5, 0.6) is 5.75 Å². The van der Waals surface area contributed by atoms with E-state index in [9.17, 15) is 8.42 Å². The summed E-state index contributed by atoms with van der Waals surface area (Å²) in [5.74, 6) is 1.75. The predicted molar refractivity (Wildman–Crippen MR) is 116 cm³/mol. The number of hydrogen-bond donors (Lipinski definition) is 0. The Morgan fingerprint density at radius 1 is 1.03 bits per heavy atom. The van der Waals surface area contributed by atoms with Crippen LogP contribution in [0.15, 0.2) is 64.0 Å². The molecule has 0 aliphatic carbocycles. The summed E-state index contributed by atoms with van der Waals surface area (Å²) >= 11 is 0. The molecule has 1 aromatic heterocycles. The van der Waals surface area contributed by atoms with Gasteiger partial charge in [0.15, 0.2) is 0 Å². The lowest BCUT2D eigenvalue weighted by Crippen LogP contribution is -2.49. The van der Waals surface area contributed by atoms with Gasteiger partial charge in [-0.3, -0.25) is 4.90 Å². The molecule has 31 heavy (non-hydrogen) atoms. The molecule has 2 aromatic carbocycles. The monoisotopic (exact) mass is 442 g/mol. The first kappa shape index (κ1) is 21.5. The van der Waals surface area contributed by atoms with Crippen molar-refractivity contribution >= 4 is 10.0 Å². The number of nitrogens with zero attached hydrogens (tertiary/aromatic N) is 4. The van der Waals surface area contributed by atoms with Crippen molar-refractivity contribution in [2.45, 2.75) is 24.8 Å². The molecule has 1 aliphatic rings. The molecule has 2 heterocycles. The third-order valence-corrected chi connectivity index (χ3v) is 7.34. The Kier molecular flexibility index (Phi) is 6.35. The van der Waals surface area contributed by atoms with Crippen LogP contribution in [0.1, 0.15) is 25.8 Å². The Bertz CT molecular complexity index is 1090. The summed E-state index contributed by atoms with van der Waals surface area (Å²) in [6.45, 7) is 6.40. The molecule has 0 saturated carbocycles. The van der Waals surface area contributed by atoms with Gasteiger partial charge in [-0.05, 0) is 38.1 Å². The minimum Gasteiger partial charge on any atom is -0.494 e. The minimum atomic E-state index is -3.54. The maximum absolute atomic E-state index is 13.0. The second kappa shape index (κ2) is 9.17. The highest BCUT2D eigenvalue weighted by atomic mass is 32.2. The van der Waals surface area contributed by atoms with E-state index in [2.05, 4.69) is 15.0 Å². The highest BCUT2D eigenvalue weighted by molar-refractivity contribution is 7.89. The van der Waals surface area contributed by atoms with Gasteiger partial charge in [-0.15, -0.1) is 0 Å². The fraction of sp³-hybridized carbons (Fsp3) is 0.364. The van der Waals surface area contributed by atoms with Crippen molar-refractivity contribution < 1.29 is 17.7 Å². The van der Waals surface area contributed by atoms with Crippen LogP contribution in [0.3, 0.4) is 0 Å². The van der Waals surface area contributed by atoms with E-state index in [-0.39, 0.29) is 10.9 Å². The lowest BCUT2D eigenvalue weighted by atomic mass is 10.2. The molecule has 164 valence electrons. The van der Waals surface area contributed by atoms with Crippen LogP contribution >= 0.6 is 0 Å². The molecule has 3 aromatic rings. The maximum atomic E-state index is 13.0. The van der Waals surface area contributed by atoms with Gasteiger partial charge < -0.3 is 9.26 Å². The molecule has 0 spiro atoms. The van der Waals surface area contributed by atoms with Crippen LogP contribution in [0.2, 0.25) is 0 Å². The molecular formula is C22H26N4O4S. The summed E-state index contributed by atoms with van der Waals surface area (Å²) in [7, 11) is -3.54. The zero-order valence-electron chi connectivity index (χ0n) is 17.6. The van der Waals surface area contributed by atoms with E-state index in [0.717, 1.165) is 5.56 Å². The molecule has 1 saturated heterocycles. The van der Waals surface area contributed by atoms with Crippen LogP contribution in [0.25, 0.3) is 11.4 Å². The maximum Gasteiger partial charge on any atom is 0.244 e. The second-order valence-corrected chi connectivity index (χ2v) is 9.28. The minimum absolute atomic E-state index is 0.0970. The first-order chi connectivity index (χ1) is 15.0. The Hall–Kier alpha value is -2.75. The number of benzene rings is 2. The van der Waals surface area contributed by atoms with Crippen molar-refractivity contribution in [1.29, 1.82) is 0 Å². The summed E-state index contributed by atoms with van der Waals surface area (Å²) < 4.78 is 38.4. The number of aromatic nitrogens is 2. The van der Waals surface area contributed by atoms with Gasteiger partial charge in [-0.1, -0.05) is 35.5 Å². The van der Waals surface area contributed by atoms with E-state index in [0.29, 0.717) is 50.3 Å². The largest absolute Gasteiger partial charge is 0.494 e. The zero-order chi connectivity index (χ0) is 21.8. The highest BCUT2D eigenvalue weighted by Crippen LogP contribution is 2.26. The molecule has 0 amide bonds. The van der Waals surface area contributed by atoms with Crippen LogP contribution in [0, 0.1) is 0 Å². The van der Waals surface area contributed by atoms with E-state index in [1.807, 2.05) is 44.2 Å². The zero-order valence-corrected chi connectivity index (χ0v) is 18.5. The van der Waals surface area contributed by atoms with Crippen LogP contribution in [-0.2, 0) is 10.0 Å². The van der Waals surface area contributed by atoms with Gasteiger partial charge >= 0.3 is 0 Å². The summed E-state index contributed by atoms with van der Waals surface area (Å²) in [6.07, 6.45) is 0. The third kappa shape index (κ3) is 4.63. The van der Waals surface area contributed by atoms with Gasteiger partial charge in [-0.25, -0.2) is 8.42 Å². The number of sulfonamides is 1. The fourth-order valence-electron chi connectivity index (χ4n) is 3.62. The van der Waals surface area contributed by atoms with Gasteiger partial charge in [0.1, 0.15) is 5.75 Å². The molecule has 1 fully saturated rings. The topological polar surface area (TPSA) is 88.8 Å². The average Bonchev–Trinajstić information content (AvgIpc) is 3.30. The van der Waals surface area contributed by atoms with Gasteiger partial charge in [0.05, 0.1) is 17.5 Å². The van der Waals surface area contributed by atoms with Gasteiger partial charge in [-0.2, -0.15) is 9.29 Å². The Morgan fingerprint density at radius 3 is 2.35 bits per heavy atom. The molecule has 8 nitrogen and oxygen atoms in total. The molecular weight excluding hydrogens is 416 g/mol. The summed E-state index contributed by atoms with van der Waals surface area (Å²) in [4.78, 5) is 6.97. The second-order valence-electron chi connectivity index (χ2n) is 7.34. The summed E-state index contributed by atoms with van der Waals surface area (Å²) in [5, 5.41) is 4.09. The standard InChI is InChI=1S/C22H26N4O4S/c1-3-29-19-9-11-20(12-10-19)31(27,28)26-15-13-25(14-16-26)17(2)22-23-21(24-30-22)18-7-5-4-6-8-18/h4-12,17H,3,13-16H2,1-2H3/t17-/m0/s1. The SMILES string of the molecule is CCOc1ccc(S(=O)(=O)N2CCN([C@@H](C)c3nc(-c4ccccc4)no3)CC2)cc1. The van der Waals surface area contributed by atoms with E-state index in [1.165, 1.54) is 4.31 Å². The number of piperazine rings is 1. The van der Waals surface area contributed by atoms with Crippen LogP contribution < -0.4 is 4.74 Å². The highest BCUT2D eigenvalue weighted by Gasteiger charge is 2.32. The normalized spacial score (nSPS) is 16.8. The van der Waals surface area contributed by atoms with Gasteiger partial charge in [0.2, 0.25) is 21.7 Å². The fourth-order valence-corrected chi connectivity index (χ4v) is 5.04. The molecule has 0 radical (unpaired) electrons. The van der Waals surface area contributed by atoms with E-state index >= 15 is 0 Å². The van der Waals surface area contributed by atoms with Gasteiger partial charge in [0.25, 0.3) is 0 Å². The number of ether oxygens (including phenoxy) is 1. The molecule has 0 unspecified atom stereocenters. The summed E-state index contributed by atoms with van der Waals surface area (Å²) in [5.41, 5.74) is 0.899. The van der Waals surface area contributed by atoms with Crippen molar-refractivity contribution in [3.63, 3.8) is 0 Å². The van der Waals surface area contributed by atoms with Crippen LogP contribution in [-0.4, -0.2) is 60.5 Å². The Balaban J connectivity index is 1.39. The van der Waals surface area contributed by atoms with E-state index in [1.54, 1.807) is 24.3 Å². The smallest absolute Gasteiger partial charge is 0.244 e.